The Morgan fingerprint density at radius 2 is 2.18 bits per heavy atom. The summed E-state index contributed by atoms with van der Waals surface area (Å²) in [5.41, 5.74) is 0. The SMILES string of the molecule is CCC(COC)N(CC(C)C)CC1CCCN1. The van der Waals surface area contributed by atoms with E-state index in [1.54, 1.807) is 0 Å². The van der Waals surface area contributed by atoms with Crippen LogP contribution in [-0.2, 0) is 4.74 Å². The molecule has 17 heavy (non-hydrogen) atoms. The summed E-state index contributed by atoms with van der Waals surface area (Å²) in [6, 6.07) is 1.27. The Morgan fingerprint density at radius 3 is 2.65 bits per heavy atom. The van der Waals surface area contributed by atoms with E-state index in [-0.39, 0.29) is 0 Å². The van der Waals surface area contributed by atoms with E-state index in [4.69, 9.17) is 4.74 Å². The molecule has 0 aromatic rings. The van der Waals surface area contributed by atoms with Gasteiger partial charge >= 0.3 is 0 Å². The van der Waals surface area contributed by atoms with Crippen LogP contribution in [-0.4, -0.2) is 50.3 Å². The fourth-order valence-electron chi connectivity index (χ4n) is 2.71. The third-order valence-corrected chi connectivity index (χ3v) is 3.56. The number of rotatable bonds is 8. The smallest absolute Gasteiger partial charge is 0.0617 e. The van der Waals surface area contributed by atoms with Crippen LogP contribution >= 0.6 is 0 Å². The van der Waals surface area contributed by atoms with E-state index in [1.807, 2.05) is 7.11 Å². The maximum Gasteiger partial charge on any atom is 0.0617 e. The van der Waals surface area contributed by atoms with Crippen molar-refractivity contribution in [2.24, 2.45) is 5.92 Å². The van der Waals surface area contributed by atoms with Crippen molar-refractivity contribution in [3.8, 4) is 0 Å². The maximum absolute atomic E-state index is 5.36. The summed E-state index contributed by atoms with van der Waals surface area (Å²) in [6.45, 7) is 11.3. The lowest BCUT2D eigenvalue weighted by molar-refractivity contribution is 0.0741. The number of nitrogens with one attached hydrogen (secondary N) is 1. The van der Waals surface area contributed by atoms with Crippen molar-refractivity contribution in [1.82, 2.24) is 10.2 Å². The Labute approximate surface area is 107 Å². The van der Waals surface area contributed by atoms with Crippen LogP contribution in [0.1, 0.15) is 40.0 Å². The predicted octanol–water partition coefficient (Wildman–Crippen LogP) is 2.12. The average molecular weight is 242 g/mol. The van der Waals surface area contributed by atoms with Crippen LogP contribution in [0, 0.1) is 5.92 Å². The third kappa shape index (κ3) is 5.36. The lowest BCUT2D eigenvalue weighted by Gasteiger charge is -2.34. The minimum Gasteiger partial charge on any atom is -0.383 e. The molecule has 1 N–H and O–H groups in total. The van der Waals surface area contributed by atoms with Crippen molar-refractivity contribution in [3.63, 3.8) is 0 Å². The summed E-state index contributed by atoms with van der Waals surface area (Å²) in [6.07, 6.45) is 3.84. The van der Waals surface area contributed by atoms with Crippen LogP contribution in [0.15, 0.2) is 0 Å². The summed E-state index contributed by atoms with van der Waals surface area (Å²) in [4.78, 5) is 2.62. The summed E-state index contributed by atoms with van der Waals surface area (Å²) in [7, 11) is 1.81. The Morgan fingerprint density at radius 1 is 1.41 bits per heavy atom. The molecule has 0 saturated carbocycles. The standard InChI is InChI=1S/C14H30N2O/c1-5-14(11-17-4)16(9-12(2)3)10-13-7-6-8-15-13/h12-15H,5-11H2,1-4H3. The molecule has 0 aromatic carbocycles. The summed E-state index contributed by atoms with van der Waals surface area (Å²) in [5, 5.41) is 3.60. The van der Waals surface area contributed by atoms with Crippen molar-refractivity contribution in [3.05, 3.63) is 0 Å². The first-order chi connectivity index (χ1) is 8.17. The van der Waals surface area contributed by atoms with E-state index < -0.39 is 0 Å². The fraction of sp³-hybridized carbons (Fsp3) is 1.00. The molecule has 0 radical (unpaired) electrons. The van der Waals surface area contributed by atoms with Gasteiger partial charge in [0.1, 0.15) is 0 Å². The first kappa shape index (κ1) is 14.9. The minimum atomic E-state index is 0.574. The number of hydrogen-bond acceptors (Lipinski definition) is 3. The van der Waals surface area contributed by atoms with Crippen LogP contribution in [0.4, 0.5) is 0 Å². The Bertz CT molecular complexity index is 191. The van der Waals surface area contributed by atoms with Gasteiger partial charge in [0.05, 0.1) is 6.61 Å². The molecule has 0 aromatic heterocycles. The zero-order valence-electron chi connectivity index (χ0n) is 12.0. The van der Waals surface area contributed by atoms with E-state index in [9.17, 15) is 0 Å². The monoisotopic (exact) mass is 242 g/mol. The lowest BCUT2D eigenvalue weighted by atomic mass is 10.1. The maximum atomic E-state index is 5.36. The molecule has 1 saturated heterocycles. The molecule has 102 valence electrons. The molecule has 1 aliphatic rings. The molecule has 1 aliphatic heterocycles. The highest BCUT2D eigenvalue weighted by Crippen LogP contribution is 2.13. The Balaban J connectivity index is 2.50. The third-order valence-electron chi connectivity index (χ3n) is 3.56. The van der Waals surface area contributed by atoms with Gasteiger partial charge in [-0.2, -0.15) is 0 Å². The van der Waals surface area contributed by atoms with Crippen LogP contribution in [0.5, 0.6) is 0 Å². The zero-order valence-corrected chi connectivity index (χ0v) is 12.0. The number of nitrogens with zero attached hydrogens (tertiary/aromatic N) is 1. The van der Waals surface area contributed by atoms with Gasteiger partial charge in [0.2, 0.25) is 0 Å². The van der Waals surface area contributed by atoms with Crippen LogP contribution in [0.25, 0.3) is 0 Å². The van der Waals surface area contributed by atoms with E-state index >= 15 is 0 Å². The van der Waals surface area contributed by atoms with Gasteiger partial charge in [0.25, 0.3) is 0 Å². The zero-order chi connectivity index (χ0) is 12.7. The summed E-state index contributed by atoms with van der Waals surface area (Å²) in [5.74, 6) is 0.724. The second-order valence-electron chi connectivity index (χ2n) is 5.66. The molecule has 1 heterocycles. The molecule has 0 spiro atoms. The van der Waals surface area contributed by atoms with E-state index in [0.717, 1.165) is 12.5 Å². The van der Waals surface area contributed by atoms with Gasteiger partial charge < -0.3 is 10.1 Å². The van der Waals surface area contributed by atoms with Crippen LogP contribution in [0.2, 0.25) is 0 Å². The van der Waals surface area contributed by atoms with E-state index in [2.05, 4.69) is 31.0 Å². The summed E-state index contributed by atoms with van der Waals surface area (Å²) >= 11 is 0. The summed E-state index contributed by atoms with van der Waals surface area (Å²) < 4.78 is 5.36. The largest absolute Gasteiger partial charge is 0.383 e. The van der Waals surface area contributed by atoms with E-state index in [1.165, 1.54) is 38.9 Å². The molecular weight excluding hydrogens is 212 g/mol. The highest BCUT2D eigenvalue weighted by Gasteiger charge is 2.23. The molecule has 2 atom stereocenters. The number of methoxy groups -OCH3 is 1. The first-order valence-electron chi connectivity index (χ1n) is 7.13. The quantitative estimate of drug-likeness (QED) is 0.705. The van der Waals surface area contributed by atoms with Gasteiger partial charge in [-0.3, -0.25) is 4.90 Å². The number of ether oxygens (including phenoxy) is 1. The highest BCUT2D eigenvalue weighted by atomic mass is 16.5. The van der Waals surface area contributed by atoms with Crippen molar-refractivity contribution in [1.29, 1.82) is 0 Å². The van der Waals surface area contributed by atoms with Gasteiger partial charge in [0.15, 0.2) is 0 Å². The molecule has 3 nitrogen and oxygen atoms in total. The number of hydrogen-bond donors (Lipinski definition) is 1. The van der Waals surface area contributed by atoms with Crippen molar-refractivity contribution in [2.45, 2.75) is 52.1 Å². The van der Waals surface area contributed by atoms with E-state index in [0.29, 0.717) is 12.1 Å². The molecule has 2 unspecified atom stereocenters. The molecule has 0 bridgehead atoms. The normalized spacial score (nSPS) is 22.6. The molecule has 0 aliphatic carbocycles. The van der Waals surface area contributed by atoms with Crippen molar-refractivity contribution >= 4 is 0 Å². The van der Waals surface area contributed by atoms with Crippen molar-refractivity contribution in [2.75, 3.05) is 33.4 Å². The Hall–Kier alpha value is -0.120. The fourth-order valence-corrected chi connectivity index (χ4v) is 2.71. The van der Waals surface area contributed by atoms with Crippen molar-refractivity contribution < 1.29 is 4.74 Å². The van der Waals surface area contributed by atoms with Gasteiger partial charge in [-0.05, 0) is 31.7 Å². The van der Waals surface area contributed by atoms with Gasteiger partial charge in [-0.25, -0.2) is 0 Å². The second kappa shape index (κ2) is 8.06. The van der Waals surface area contributed by atoms with Gasteiger partial charge in [-0.15, -0.1) is 0 Å². The van der Waals surface area contributed by atoms with Crippen LogP contribution < -0.4 is 5.32 Å². The molecule has 3 heteroatoms. The topological polar surface area (TPSA) is 24.5 Å². The van der Waals surface area contributed by atoms with Crippen LogP contribution in [0.3, 0.4) is 0 Å². The lowest BCUT2D eigenvalue weighted by Crippen LogP contribution is -2.46. The molecule has 1 rings (SSSR count). The van der Waals surface area contributed by atoms with Gasteiger partial charge in [0, 0.05) is 32.3 Å². The Kier molecular flexibility index (Phi) is 7.09. The highest BCUT2D eigenvalue weighted by molar-refractivity contribution is 4.81. The average Bonchev–Trinajstić information content (AvgIpc) is 2.77. The molecule has 0 amide bonds. The second-order valence-corrected chi connectivity index (χ2v) is 5.66. The van der Waals surface area contributed by atoms with Gasteiger partial charge in [-0.1, -0.05) is 20.8 Å². The predicted molar refractivity (Wildman–Crippen MR) is 73.4 cm³/mol. The molecule has 1 fully saturated rings. The minimum absolute atomic E-state index is 0.574. The molecular formula is C14H30N2O. The first-order valence-corrected chi connectivity index (χ1v) is 7.13.